The molecule has 1 atom stereocenters. The van der Waals surface area contributed by atoms with E-state index in [1.165, 1.54) is 31.1 Å². The molecule has 0 saturated carbocycles. The molecular formula is C12H14Cl2N2O3S. The fourth-order valence-corrected chi connectivity index (χ4v) is 2.46. The van der Waals surface area contributed by atoms with Gasteiger partial charge in [0, 0.05) is 11.4 Å². The van der Waals surface area contributed by atoms with E-state index in [1.807, 2.05) is 6.92 Å². The molecule has 0 radical (unpaired) electrons. The van der Waals surface area contributed by atoms with Crippen LogP contribution in [-0.4, -0.2) is 35.0 Å². The molecular weight excluding hydrogens is 323 g/mol. The topological polar surface area (TPSA) is 68.3 Å². The van der Waals surface area contributed by atoms with Crippen LogP contribution in [0.25, 0.3) is 0 Å². The van der Waals surface area contributed by atoms with Gasteiger partial charge >= 0.3 is 5.97 Å². The van der Waals surface area contributed by atoms with Gasteiger partial charge in [0.15, 0.2) is 5.82 Å². The van der Waals surface area contributed by atoms with Crippen molar-refractivity contribution in [1.29, 1.82) is 0 Å². The lowest BCUT2D eigenvalue weighted by atomic mass is 10.3. The molecule has 0 aliphatic heterocycles. The minimum Gasteiger partial charge on any atom is -0.469 e. The highest BCUT2D eigenvalue weighted by molar-refractivity contribution is 8.00. The number of carbonyl (C=O) groups is 2. The second-order valence-corrected chi connectivity index (χ2v) is 6.20. The molecule has 1 aromatic rings. The second kappa shape index (κ2) is 8.34. The van der Waals surface area contributed by atoms with Crippen LogP contribution in [0.3, 0.4) is 0 Å². The number of carbonyl (C=O) groups excluding carboxylic acids is 2. The van der Waals surface area contributed by atoms with Gasteiger partial charge in [0.25, 0.3) is 0 Å². The third-order valence-corrected chi connectivity index (χ3v) is 3.91. The summed E-state index contributed by atoms with van der Waals surface area (Å²) in [5, 5.41) is 3.24. The number of hydrogen-bond acceptors (Lipinski definition) is 5. The van der Waals surface area contributed by atoms with Crippen molar-refractivity contribution in [3.05, 3.63) is 22.3 Å². The van der Waals surface area contributed by atoms with Crippen LogP contribution in [0.4, 0.5) is 5.82 Å². The number of rotatable bonds is 6. The second-order valence-electron chi connectivity index (χ2n) is 3.93. The molecule has 8 heteroatoms. The summed E-state index contributed by atoms with van der Waals surface area (Å²) in [4.78, 5) is 26.7. The number of thioether (sulfide) groups is 1. The molecule has 0 aliphatic carbocycles. The van der Waals surface area contributed by atoms with Gasteiger partial charge < -0.3 is 10.1 Å². The van der Waals surface area contributed by atoms with E-state index in [0.29, 0.717) is 5.02 Å². The van der Waals surface area contributed by atoms with Gasteiger partial charge in [0.05, 0.1) is 29.3 Å². The first kappa shape index (κ1) is 17.1. The summed E-state index contributed by atoms with van der Waals surface area (Å²) in [7, 11) is 1.33. The number of anilines is 1. The average molecular weight is 337 g/mol. The molecule has 0 aliphatic rings. The van der Waals surface area contributed by atoms with Crippen LogP contribution in [0.15, 0.2) is 12.3 Å². The van der Waals surface area contributed by atoms with E-state index in [4.69, 9.17) is 23.2 Å². The predicted octanol–water partition coefficient (Wildman–Crippen LogP) is 3.01. The number of halogens is 2. The Labute approximate surface area is 131 Å². The van der Waals surface area contributed by atoms with Crippen LogP contribution < -0.4 is 5.32 Å². The zero-order chi connectivity index (χ0) is 15.1. The molecule has 1 N–H and O–H groups in total. The monoisotopic (exact) mass is 336 g/mol. The molecule has 0 bridgehead atoms. The number of ether oxygens (including phenoxy) is 1. The Balaban J connectivity index is 2.42. The Hall–Kier alpha value is -0.980. The molecule has 0 fully saturated rings. The fraction of sp³-hybridized carbons (Fsp3) is 0.417. The lowest BCUT2D eigenvalue weighted by molar-refractivity contribution is -0.140. The van der Waals surface area contributed by atoms with Crippen LogP contribution in [0.5, 0.6) is 0 Å². The van der Waals surface area contributed by atoms with Crippen LogP contribution in [0, 0.1) is 0 Å². The highest BCUT2D eigenvalue weighted by Gasteiger charge is 2.13. The summed E-state index contributed by atoms with van der Waals surface area (Å²) in [6.45, 7) is 1.85. The maximum absolute atomic E-state index is 11.7. The Morgan fingerprint density at radius 2 is 2.20 bits per heavy atom. The van der Waals surface area contributed by atoms with E-state index in [0.717, 1.165) is 0 Å². The highest BCUT2D eigenvalue weighted by Crippen LogP contribution is 2.23. The predicted molar refractivity (Wildman–Crippen MR) is 81.4 cm³/mol. The molecule has 20 heavy (non-hydrogen) atoms. The van der Waals surface area contributed by atoms with Gasteiger partial charge in [-0.25, -0.2) is 4.98 Å². The van der Waals surface area contributed by atoms with Gasteiger partial charge in [0.1, 0.15) is 0 Å². The lowest BCUT2D eigenvalue weighted by Crippen LogP contribution is -2.18. The zero-order valence-electron chi connectivity index (χ0n) is 11.0. The van der Waals surface area contributed by atoms with Gasteiger partial charge in [0.2, 0.25) is 5.91 Å². The average Bonchev–Trinajstić information content (AvgIpc) is 2.39. The molecule has 1 rings (SSSR count). The molecule has 1 aromatic heterocycles. The smallest absolute Gasteiger partial charge is 0.306 e. The van der Waals surface area contributed by atoms with Crippen molar-refractivity contribution >= 4 is 52.7 Å². The first-order chi connectivity index (χ1) is 9.42. The van der Waals surface area contributed by atoms with Gasteiger partial charge in [-0.1, -0.05) is 30.1 Å². The van der Waals surface area contributed by atoms with Crippen LogP contribution in [0.1, 0.15) is 13.3 Å². The van der Waals surface area contributed by atoms with Crippen LogP contribution >= 0.6 is 35.0 Å². The van der Waals surface area contributed by atoms with Crippen molar-refractivity contribution in [3.63, 3.8) is 0 Å². The fourth-order valence-electron chi connectivity index (χ4n) is 1.27. The Bertz CT molecular complexity index is 500. The van der Waals surface area contributed by atoms with E-state index < -0.39 is 0 Å². The molecule has 0 saturated heterocycles. The van der Waals surface area contributed by atoms with Crippen molar-refractivity contribution in [3.8, 4) is 0 Å². The quantitative estimate of drug-likeness (QED) is 0.808. The maximum Gasteiger partial charge on any atom is 0.306 e. The first-order valence-corrected chi connectivity index (χ1v) is 7.52. The van der Waals surface area contributed by atoms with Crippen molar-refractivity contribution in [2.45, 2.75) is 18.6 Å². The van der Waals surface area contributed by atoms with Crippen molar-refractivity contribution in [2.24, 2.45) is 0 Å². The standard InChI is InChI=1S/C12H14Cl2N2O3S/c1-7(3-11(18)19-2)20-6-10(17)16-12-9(14)4-8(13)5-15-12/h4-5,7H,3,6H2,1-2H3,(H,15,16,17). The number of methoxy groups -OCH3 is 1. The minimum absolute atomic E-state index is 0.0122. The summed E-state index contributed by atoms with van der Waals surface area (Å²) in [6.07, 6.45) is 1.66. The number of pyridine rings is 1. The number of nitrogens with zero attached hydrogens (tertiary/aromatic N) is 1. The zero-order valence-corrected chi connectivity index (χ0v) is 13.3. The van der Waals surface area contributed by atoms with E-state index in [1.54, 1.807) is 0 Å². The highest BCUT2D eigenvalue weighted by atomic mass is 35.5. The molecule has 0 spiro atoms. The minimum atomic E-state index is -0.298. The summed E-state index contributed by atoms with van der Waals surface area (Å²) < 4.78 is 4.56. The molecule has 1 heterocycles. The summed E-state index contributed by atoms with van der Waals surface area (Å²) in [6, 6.07) is 1.50. The summed E-state index contributed by atoms with van der Waals surface area (Å²) in [5.41, 5.74) is 0. The van der Waals surface area contributed by atoms with Crippen LogP contribution in [0.2, 0.25) is 10.0 Å². The number of esters is 1. The van der Waals surface area contributed by atoms with Crippen LogP contribution in [-0.2, 0) is 14.3 Å². The Morgan fingerprint density at radius 1 is 1.50 bits per heavy atom. The van der Waals surface area contributed by atoms with Gasteiger partial charge in [-0.3, -0.25) is 9.59 Å². The summed E-state index contributed by atoms with van der Waals surface area (Å²) >= 11 is 13.0. The lowest BCUT2D eigenvalue weighted by Gasteiger charge is -2.10. The largest absolute Gasteiger partial charge is 0.469 e. The van der Waals surface area contributed by atoms with Gasteiger partial charge in [-0.2, -0.15) is 0 Å². The molecule has 0 aromatic carbocycles. The molecule has 1 unspecified atom stereocenters. The number of amides is 1. The van der Waals surface area contributed by atoms with E-state index in [9.17, 15) is 9.59 Å². The molecule has 5 nitrogen and oxygen atoms in total. The van der Waals surface area contributed by atoms with E-state index in [-0.39, 0.29) is 40.1 Å². The first-order valence-electron chi connectivity index (χ1n) is 5.71. The third-order valence-electron chi connectivity index (χ3n) is 2.25. The van der Waals surface area contributed by atoms with Crippen molar-refractivity contribution < 1.29 is 14.3 Å². The number of hydrogen-bond donors (Lipinski definition) is 1. The molecule has 1 amide bonds. The SMILES string of the molecule is COC(=O)CC(C)SCC(=O)Nc1ncc(Cl)cc1Cl. The third kappa shape index (κ3) is 5.98. The van der Waals surface area contributed by atoms with E-state index in [2.05, 4.69) is 15.0 Å². The normalized spacial score (nSPS) is 11.8. The van der Waals surface area contributed by atoms with Gasteiger partial charge in [-0.15, -0.1) is 11.8 Å². The number of aromatic nitrogens is 1. The number of nitrogens with one attached hydrogen (secondary N) is 1. The van der Waals surface area contributed by atoms with E-state index >= 15 is 0 Å². The Kier molecular flexibility index (Phi) is 7.12. The van der Waals surface area contributed by atoms with Crippen molar-refractivity contribution in [2.75, 3.05) is 18.2 Å². The van der Waals surface area contributed by atoms with Crippen molar-refractivity contribution in [1.82, 2.24) is 4.98 Å². The summed E-state index contributed by atoms with van der Waals surface area (Å²) in [5.74, 6) is -0.0859. The Morgan fingerprint density at radius 3 is 2.80 bits per heavy atom. The maximum atomic E-state index is 11.7. The molecule has 110 valence electrons. The van der Waals surface area contributed by atoms with Gasteiger partial charge in [-0.05, 0) is 6.07 Å².